The normalized spacial score (nSPS) is 17.4. The van der Waals surface area contributed by atoms with Crippen molar-refractivity contribution in [3.8, 4) is 23.1 Å². The van der Waals surface area contributed by atoms with Gasteiger partial charge >= 0.3 is 18.2 Å². The molecule has 0 saturated heterocycles. The maximum atomic E-state index is 16.6. The number of aromatic nitrogens is 2. The molecule has 4 amide bonds. The number of amides is 4. The number of benzene rings is 1. The minimum atomic E-state index is -0.881. The van der Waals surface area contributed by atoms with Gasteiger partial charge in [-0.15, -0.1) is 0 Å². The fraction of sp³-hybridized carbons (Fsp3) is 0.455. The summed E-state index contributed by atoms with van der Waals surface area (Å²) in [7, 11) is 0. The molecule has 0 radical (unpaired) electrons. The van der Waals surface area contributed by atoms with Gasteiger partial charge in [0.2, 0.25) is 5.88 Å². The first-order valence-electron chi connectivity index (χ1n) is 15.3. The molecule has 3 N–H and O–H groups in total. The summed E-state index contributed by atoms with van der Waals surface area (Å²) in [6.45, 7) is 12.4. The number of fused-ring (bicyclic) bond motifs is 2. The standard InChI is InChI=1S/C33H38FN7O6/c1-17-21(15-37-28-27(17)41(10-11-45-28)31(44)47-33(5,6)7)20-12-19-13-24(39-29(42)38-23-9-8-18(23)14-35)36-16-22(19)26(25(20)34)40-30(43)46-32(2,3)4/h12-13,15-16,18,23H,8-11H2,1-7H3,(H,40,43)(H2,36,38,39,42)/t18-,23+/m1/s1. The lowest BCUT2D eigenvalue weighted by atomic mass is 9.81. The number of rotatable bonds is 4. The Balaban J connectivity index is 1.59. The first kappa shape index (κ1) is 33.2. The predicted octanol–water partition coefficient (Wildman–Crippen LogP) is 6.65. The van der Waals surface area contributed by atoms with Gasteiger partial charge in [0.15, 0.2) is 5.82 Å². The summed E-state index contributed by atoms with van der Waals surface area (Å²) in [5, 5.41) is 17.8. The van der Waals surface area contributed by atoms with Crippen LogP contribution in [0.3, 0.4) is 0 Å². The summed E-state index contributed by atoms with van der Waals surface area (Å²) in [6, 6.07) is 4.47. The highest BCUT2D eigenvalue weighted by molar-refractivity contribution is 6.05. The Labute approximate surface area is 271 Å². The zero-order valence-corrected chi connectivity index (χ0v) is 27.4. The molecule has 1 aliphatic heterocycles. The number of pyridine rings is 2. The van der Waals surface area contributed by atoms with Gasteiger partial charge in [-0.05, 0) is 84.4 Å². The molecule has 0 spiro atoms. The third-order valence-electron chi connectivity index (χ3n) is 7.59. The molecule has 2 aliphatic rings. The highest BCUT2D eigenvalue weighted by Crippen LogP contribution is 2.42. The molecule has 14 heteroatoms. The Kier molecular flexibility index (Phi) is 8.85. The number of hydrogen-bond donors (Lipinski definition) is 3. The van der Waals surface area contributed by atoms with Crippen LogP contribution in [0, 0.1) is 30.0 Å². The van der Waals surface area contributed by atoms with E-state index < -0.39 is 35.2 Å². The van der Waals surface area contributed by atoms with E-state index in [1.54, 1.807) is 54.5 Å². The number of nitriles is 1. The highest BCUT2D eigenvalue weighted by Gasteiger charge is 2.34. The number of ether oxygens (including phenoxy) is 3. The number of carbonyl (C=O) groups excluding carboxylic acids is 3. The van der Waals surface area contributed by atoms with Gasteiger partial charge in [-0.3, -0.25) is 15.5 Å². The van der Waals surface area contributed by atoms with Crippen molar-refractivity contribution in [1.29, 1.82) is 5.26 Å². The van der Waals surface area contributed by atoms with Gasteiger partial charge in [0.25, 0.3) is 0 Å². The SMILES string of the molecule is Cc1c(-c2cc3cc(NC(=O)N[C@H]4CC[C@@H]4C#N)ncc3c(NC(=O)OC(C)(C)C)c2F)cnc2c1N(C(=O)OC(C)(C)C)CCO2. The monoisotopic (exact) mass is 647 g/mol. The van der Waals surface area contributed by atoms with E-state index in [0.29, 0.717) is 28.6 Å². The van der Waals surface area contributed by atoms with E-state index in [1.807, 2.05) is 0 Å². The van der Waals surface area contributed by atoms with Crippen LogP contribution in [0.25, 0.3) is 21.9 Å². The van der Waals surface area contributed by atoms with Crippen molar-refractivity contribution >= 4 is 46.2 Å². The number of nitrogens with zero attached hydrogens (tertiary/aromatic N) is 4. The van der Waals surface area contributed by atoms with E-state index in [1.165, 1.54) is 23.4 Å². The summed E-state index contributed by atoms with van der Waals surface area (Å²) in [5.41, 5.74) is -0.603. The first-order valence-corrected chi connectivity index (χ1v) is 15.3. The molecule has 0 unspecified atom stereocenters. The summed E-state index contributed by atoms with van der Waals surface area (Å²) in [6.07, 6.45) is 2.71. The van der Waals surface area contributed by atoms with Gasteiger partial charge in [0.05, 0.1) is 24.2 Å². The molecule has 248 valence electrons. The van der Waals surface area contributed by atoms with Gasteiger partial charge in [0, 0.05) is 34.9 Å². The second-order valence-corrected chi connectivity index (χ2v) is 13.5. The lowest BCUT2D eigenvalue weighted by Gasteiger charge is -2.32. The number of halogens is 1. The number of carbonyl (C=O) groups is 3. The zero-order chi connectivity index (χ0) is 34.3. The second kappa shape index (κ2) is 12.5. The third-order valence-corrected chi connectivity index (χ3v) is 7.59. The molecule has 3 heterocycles. The molecule has 47 heavy (non-hydrogen) atoms. The average molecular weight is 648 g/mol. The Hall–Kier alpha value is -5.19. The van der Waals surface area contributed by atoms with Gasteiger partial charge < -0.3 is 19.5 Å². The topological polar surface area (TPSA) is 168 Å². The Morgan fingerprint density at radius 3 is 2.38 bits per heavy atom. The van der Waals surface area contributed by atoms with Crippen molar-refractivity contribution in [2.24, 2.45) is 5.92 Å². The highest BCUT2D eigenvalue weighted by atomic mass is 19.1. The van der Waals surface area contributed by atoms with Crippen LogP contribution >= 0.6 is 0 Å². The summed E-state index contributed by atoms with van der Waals surface area (Å²) >= 11 is 0. The van der Waals surface area contributed by atoms with E-state index in [9.17, 15) is 19.6 Å². The molecule has 1 aromatic carbocycles. The van der Waals surface area contributed by atoms with Gasteiger partial charge in [-0.25, -0.2) is 28.7 Å². The van der Waals surface area contributed by atoms with E-state index in [2.05, 4.69) is 32.0 Å². The van der Waals surface area contributed by atoms with Crippen molar-refractivity contribution in [3.05, 3.63) is 35.9 Å². The second-order valence-electron chi connectivity index (χ2n) is 13.5. The van der Waals surface area contributed by atoms with Crippen LogP contribution in [-0.4, -0.2) is 58.6 Å². The van der Waals surface area contributed by atoms with Crippen LogP contribution < -0.4 is 25.6 Å². The third kappa shape index (κ3) is 7.29. The Morgan fingerprint density at radius 2 is 1.74 bits per heavy atom. The van der Waals surface area contributed by atoms with Gasteiger partial charge in [-0.1, -0.05) is 0 Å². The number of hydrogen-bond acceptors (Lipinski definition) is 9. The molecule has 2 atom stereocenters. The number of anilines is 3. The van der Waals surface area contributed by atoms with Gasteiger partial charge in [-0.2, -0.15) is 5.26 Å². The van der Waals surface area contributed by atoms with Crippen LogP contribution in [0.4, 0.5) is 36.0 Å². The molecule has 0 bridgehead atoms. The van der Waals surface area contributed by atoms with E-state index in [-0.39, 0.29) is 53.4 Å². The molecule has 1 aliphatic carbocycles. The van der Waals surface area contributed by atoms with Gasteiger partial charge in [0.1, 0.15) is 29.3 Å². The summed E-state index contributed by atoms with van der Waals surface area (Å²) in [4.78, 5) is 48.8. The van der Waals surface area contributed by atoms with Crippen molar-refractivity contribution in [1.82, 2.24) is 15.3 Å². The van der Waals surface area contributed by atoms with Crippen molar-refractivity contribution in [2.75, 3.05) is 28.7 Å². The molecule has 1 saturated carbocycles. The van der Waals surface area contributed by atoms with E-state index >= 15 is 4.39 Å². The fourth-order valence-corrected chi connectivity index (χ4v) is 5.32. The number of urea groups is 1. The summed E-state index contributed by atoms with van der Waals surface area (Å²) < 4.78 is 33.3. The zero-order valence-electron chi connectivity index (χ0n) is 27.4. The van der Waals surface area contributed by atoms with Crippen LogP contribution in [0.1, 0.15) is 59.9 Å². The minimum Gasteiger partial charge on any atom is -0.474 e. The number of nitrogens with one attached hydrogen (secondary N) is 3. The largest absolute Gasteiger partial charge is 0.474 e. The van der Waals surface area contributed by atoms with Crippen LogP contribution in [0.15, 0.2) is 24.5 Å². The van der Waals surface area contributed by atoms with Crippen molar-refractivity contribution in [3.63, 3.8) is 0 Å². The minimum absolute atomic E-state index is 0.0546. The molecule has 1 fully saturated rings. The molecule has 2 aromatic heterocycles. The van der Waals surface area contributed by atoms with Crippen molar-refractivity contribution in [2.45, 2.75) is 78.6 Å². The Morgan fingerprint density at radius 1 is 1.02 bits per heavy atom. The average Bonchev–Trinajstić information content (AvgIpc) is 2.95. The van der Waals surface area contributed by atoms with Crippen LogP contribution in [-0.2, 0) is 9.47 Å². The molecule has 5 rings (SSSR count). The summed E-state index contributed by atoms with van der Waals surface area (Å²) in [5.74, 6) is -0.680. The first-order chi connectivity index (χ1) is 22.0. The predicted molar refractivity (Wildman–Crippen MR) is 173 cm³/mol. The molecular formula is C33H38FN7O6. The smallest absolute Gasteiger partial charge is 0.415 e. The maximum Gasteiger partial charge on any atom is 0.415 e. The Bertz CT molecular complexity index is 1790. The van der Waals surface area contributed by atoms with Crippen LogP contribution in [0.2, 0.25) is 0 Å². The van der Waals surface area contributed by atoms with E-state index in [4.69, 9.17) is 14.2 Å². The van der Waals surface area contributed by atoms with Crippen molar-refractivity contribution < 1.29 is 33.0 Å². The fourth-order valence-electron chi connectivity index (χ4n) is 5.32. The molecule has 3 aromatic rings. The maximum absolute atomic E-state index is 16.6. The van der Waals surface area contributed by atoms with E-state index in [0.717, 1.165) is 6.42 Å². The molecular weight excluding hydrogens is 609 g/mol. The molecule has 13 nitrogen and oxygen atoms in total. The lowest BCUT2D eigenvalue weighted by Crippen LogP contribution is -2.47. The lowest BCUT2D eigenvalue weighted by molar-refractivity contribution is 0.0564. The van der Waals surface area contributed by atoms with Crippen LogP contribution in [0.5, 0.6) is 5.88 Å². The quantitative estimate of drug-likeness (QED) is 0.281.